The predicted molar refractivity (Wildman–Crippen MR) is 60.4 cm³/mol. The molecule has 1 saturated heterocycles. The SMILES string of the molecule is CN(CC(Cl)C(=O)O)CC1CCCN1C. The van der Waals surface area contributed by atoms with Crippen LogP contribution in [0.15, 0.2) is 0 Å². The molecule has 88 valence electrons. The van der Waals surface area contributed by atoms with E-state index in [1.807, 2.05) is 11.9 Å². The minimum absolute atomic E-state index is 0.404. The number of halogens is 1. The van der Waals surface area contributed by atoms with E-state index in [4.69, 9.17) is 16.7 Å². The second kappa shape index (κ2) is 5.68. The van der Waals surface area contributed by atoms with Gasteiger partial charge in [0.15, 0.2) is 0 Å². The number of carboxylic acid groups (broad SMARTS) is 1. The van der Waals surface area contributed by atoms with Gasteiger partial charge >= 0.3 is 5.97 Å². The molecule has 4 nitrogen and oxygen atoms in total. The number of aliphatic carboxylic acids is 1. The zero-order valence-corrected chi connectivity index (χ0v) is 10.1. The maximum Gasteiger partial charge on any atom is 0.322 e. The van der Waals surface area contributed by atoms with Crippen molar-refractivity contribution >= 4 is 17.6 Å². The summed E-state index contributed by atoms with van der Waals surface area (Å²) in [6.07, 6.45) is 2.43. The first-order valence-electron chi connectivity index (χ1n) is 5.26. The van der Waals surface area contributed by atoms with Gasteiger partial charge in [-0.25, -0.2) is 0 Å². The molecule has 1 N–H and O–H groups in total. The lowest BCUT2D eigenvalue weighted by Gasteiger charge is -2.26. The van der Waals surface area contributed by atoms with E-state index >= 15 is 0 Å². The average molecular weight is 235 g/mol. The second-order valence-corrected chi connectivity index (χ2v) is 4.83. The molecule has 0 spiro atoms. The van der Waals surface area contributed by atoms with Crippen LogP contribution < -0.4 is 0 Å². The van der Waals surface area contributed by atoms with Gasteiger partial charge in [-0.1, -0.05) is 0 Å². The van der Waals surface area contributed by atoms with Gasteiger partial charge in [-0.2, -0.15) is 0 Å². The molecule has 0 saturated carbocycles. The standard InChI is InChI=1S/C10H19ClN2O2/c1-12(7-9(11)10(14)15)6-8-4-3-5-13(8)2/h8-9H,3-7H2,1-2H3,(H,14,15). The van der Waals surface area contributed by atoms with Crippen molar-refractivity contribution in [2.24, 2.45) is 0 Å². The Bertz CT molecular complexity index is 225. The molecule has 1 aliphatic heterocycles. The third-order valence-electron chi connectivity index (χ3n) is 2.93. The minimum atomic E-state index is -0.941. The molecule has 0 bridgehead atoms. The Morgan fingerprint density at radius 2 is 2.40 bits per heavy atom. The largest absolute Gasteiger partial charge is 0.480 e. The zero-order chi connectivity index (χ0) is 11.4. The number of carbonyl (C=O) groups is 1. The highest BCUT2D eigenvalue weighted by Crippen LogP contribution is 2.15. The summed E-state index contributed by atoms with van der Waals surface area (Å²) in [4.78, 5) is 14.9. The molecule has 15 heavy (non-hydrogen) atoms. The van der Waals surface area contributed by atoms with Crippen LogP contribution in [0.25, 0.3) is 0 Å². The monoisotopic (exact) mass is 234 g/mol. The molecule has 0 aromatic rings. The number of hydrogen-bond acceptors (Lipinski definition) is 3. The minimum Gasteiger partial charge on any atom is -0.480 e. The lowest BCUT2D eigenvalue weighted by molar-refractivity contribution is -0.136. The normalized spacial score (nSPS) is 24.7. The summed E-state index contributed by atoms with van der Waals surface area (Å²) in [6, 6.07) is 0.549. The fraction of sp³-hybridized carbons (Fsp3) is 0.900. The van der Waals surface area contributed by atoms with Gasteiger partial charge in [0.25, 0.3) is 0 Å². The van der Waals surface area contributed by atoms with Gasteiger partial charge in [0.05, 0.1) is 0 Å². The van der Waals surface area contributed by atoms with Crippen LogP contribution in [0, 0.1) is 0 Å². The molecular weight excluding hydrogens is 216 g/mol. The van der Waals surface area contributed by atoms with Crippen LogP contribution in [0.4, 0.5) is 0 Å². The van der Waals surface area contributed by atoms with E-state index in [2.05, 4.69) is 11.9 Å². The van der Waals surface area contributed by atoms with Crippen LogP contribution in [0.5, 0.6) is 0 Å². The Hall–Kier alpha value is -0.320. The second-order valence-electron chi connectivity index (χ2n) is 4.30. The summed E-state index contributed by atoms with van der Waals surface area (Å²) >= 11 is 5.68. The summed E-state index contributed by atoms with van der Waals surface area (Å²) in [7, 11) is 4.03. The summed E-state index contributed by atoms with van der Waals surface area (Å²) in [5.74, 6) is -0.941. The van der Waals surface area contributed by atoms with Crippen molar-refractivity contribution in [2.75, 3.05) is 33.7 Å². The predicted octanol–water partition coefficient (Wildman–Crippen LogP) is 0.704. The first-order valence-corrected chi connectivity index (χ1v) is 5.70. The van der Waals surface area contributed by atoms with Crippen molar-refractivity contribution in [3.05, 3.63) is 0 Å². The topological polar surface area (TPSA) is 43.8 Å². The Kier molecular flexibility index (Phi) is 4.83. The molecule has 2 atom stereocenters. The smallest absolute Gasteiger partial charge is 0.322 e. The molecule has 0 aromatic heterocycles. The van der Waals surface area contributed by atoms with Gasteiger partial charge in [-0.15, -0.1) is 11.6 Å². The van der Waals surface area contributed by atoms with Crippen molar-refractivity contribution in [3.63, 3.8) is 0 Å². The van der Waals surface area contributed by atoms with E-state index in [-0.39, 0.29) is 0 Å². The molecule has 2 unspecified atom stereocenters. The maximum absolute atomic E-state index is 10.6. The Labute approximate surface area is 95.8 Å². The Balaban J connectivity index is 2.29. The van der Waals surface area contributed by atoms with Crippen LogP contribution >= 0.6 is 11.6 Å². The van der Waals surface area contributed by atoms with E-state index in [9.17, 15) is 4.79 Å². The fourth-order valence-corrected chi connectivity index (χ4v) is 2.23. The molecule has 1 rings (SSSR count). The third-order valence-corrected chi connectivity index (χ3v) is 3.26. The van der Waals surface area contributed by atoms with E-state index in [1.54, 1.807) is 0 Å². The highest BCUT2D eigenvalue weighted by atomic mass is 35.5. The third kappa shape index (κ3) is 3.97. The van der Waals surface area contributed by atoms with Crippen molar-refractivity contribution in [2.45, 2.75) is 24.3 Å². The first kappa shape index (κ1) is 12.7. The van der Waals surface area contributed by atoms with Crippen LogP contribution in [0.2, 0.25) is 0 Å². The lowest BCUT2D eigenvalue weighted by atomic mass is 10.2. The van der Waals surface area contributed by atoms with Crippen LogP contribution in [0.1, 0.15) is 12.8 Å². The molecule has 1 aliphatic rings. The highest BCUT2D eigenvalue weighted by molar-refractivity contribution is 6.29. The summed E-state index contributed by atoms with van der Waals surface area (Å²) < 4.78 is 0. The summed E-state index contributed by atoms with van der Waals surface area (Å²) in [5, 5.41) is 7.87. The van der Waals surface area contributed by atoms with Gasteiger partial charge < -0.3 is 14.9 Å². The molecule has 0 aliphatic carbocycles. The van der Waals surface area contributed by atoms with Crippen molar-refractivity contribution in [1.29, 1.82) is 0 Å². The quantitative estimate of drug-likeness (QED) is 0.712. The van der Waals surface area contributed by atoms with E-state index in [0.717, 1.165) is 13.1 Å². The van der Waals surface area contributed by atoms with Gasteiger partial charge in [-0.3, -0.25) is 4.79 Å². The highest BCUT2D eigenvalue weighted by Gasteiger charge is 2.24. The number of likely N-dealkylation sites (N-methyl/N-ethyl adjacent to an activating group) is 2. The van der Waals surface area contributed by atoms with Crippen LogP contribution in [-0.4, -0.2) is 66.0 Å². The Morgan fingerprint density at radius 3 is 2.87 bits per heavy atom. The van der Waals surface area contributed by atoms with Gasteiger partial charge in [0, 0.05) is 19.1 Å². The molecule has 0 radical (unpaired) electrons. The van der Waals surface area contributed by atoms with E-state index < -0.39 is 11.3 Å². The lowest BCUT2D eigenvalue weighted by Crippen LogP contribution is -2.40. The molecule has 0 aromatic carbocycles. The molecular formula is C10H19ClN2O2. The van der Waals surface area contributed by atoms with Gasteiger partial charge in [-0.05, 0) is 33.5 Å². The molecule has 1 heterocycles. The molecule has 5 heteroatoms. The maximum atomic E-state index is 10.6. The Morgan fingerprint density at radius 1 is 1.73 bits per heavy atom. The van der Waals surface area contributed by atoms with Crippen molar-refractivity contribution in [1.82, 2.24) is 9.80 Å². The number of carboxylic acids is 1. The zero-order valence-electron chi connectivity index (χ0n) is 9.32. The number of hydrogen-bond donors (Lipinski definition) is 1. The summed E-state index contributed by atoms with van der Waals surface area (Å²) in [5.41, 5.74) is 0. The van der Waals surface area contributed by atoms with Gasteiger partial charge in [0.2, 0.25) is 0 Å². The van der Waals surface area contributed by atoms with Crippen molar-refractivity contribution in [3.8, 4) is 0 Å². The van der Waals surface area contributed by atoms with E-state index in [1.165, 1.54) is 12.8 Å². The number of alkyl halides is 1. The van der Waals surface area contributed by atoms with Gasteiger partial charge in [0.1, 0.15) is 5.38 Å². The summed E-state index contributed by atoms with van der Waals surface area (Å²) in [6.45, 7) is 2.44. The number of nitrogens with zero attached hydrogens (tertiary/aromatic N) is 2. The average Bonchev–Trinajstić information content (AvgIpc) is 2.51. The number of rotatable bonds is 5. The molecule has 0 amide bonds. The van der Waals surface area contributed by atoms with Crippen molar-refractivity contribution < 1.29 is 9.90 Å². The fourth-order valence-electron chi connectivity index (χ4n) is 2.00. The number of likely N-dealkylation sites (tertiary alicyclic amines) is 1. The van der Waals surface area contributed by atoms with Crippen LogP contribution in [0.3, 0.4) is 0 Å². The van der Waals surface area contributed by atoms with Crippen LogP contribution in [-0.2, 0) is 4.79 Å². The van der Waals surface area contributed by atoms with E-state index in [0.29, 0.717) is 12.6 Å². The first-order chi connectivity index (χ1) is 7.00. The molecule has 1 fully saturated rings.